The minimum atomic E-state index is -2.37. The number of ether oxygens (including phenoxy) is 6. The summed E-state index contributed by atoms with van der Waals surface area (Å²) in [5.41, 5.74) is 0.626. The first kappa shape index (κ1) is 28.2. The second-order valence-corrected chi connectivity index (χ2v) is 8.14. The molecule has 0 aromatic heterocycles. The van der Waals surface area contributed by atoms with Crippen molar-refractivity contribution in [2.45, 2.75) is 13.0 Å². The molecule has 0 amide bonds. The van der Waals surface area contributed by atoms with Crippen molar-refractivity contribution in [1.82, 2.24) is 0 Å². The molecule has 0 saturated carbocycles. The van der Waals surface area contributed by atoms with E-state index in [1.807, 2.05) is 0 Å². The van der Waals surface area contributed by atoms with Gasteiger partial charge in [-0.1, -0.05) is 0 Å². The summed E-state index contributed by atoms with van der Waals surface area (Å²) in [5, 5.41) is 0. The van der Waals surface area contributed by atoms with Crippen molar-refractivity contribution in [3.63, 3.8) is 0 Å². The highest BCUT2D eigenvalue weighted by Crippen LogP contribution is 2.40. The Morgan fingerprint density at radius 2 is 1.40 bits per heavy atom. The summed E-state index contributed by atoms with van der Waals surface area (Å²) in [6.45, 7) is 0.978. The SMILES string of the molecule is COc1cc(/C=C2\Oc3cc(OC(=O)C(C)Oc4c(F)c(F)c(F)c(F)c4F)ccc3C2=O)cc(OC)c1OC. The lowest BCUT2D eigenvalue weighted by molar-refractivity contribution is -0.141. The van der Waals surface area contributed by atoms with Crippen molar-refractivity contribution in [3.05, 3.63) is 76.3 Å². The van der Waals surface area contributed by atoms with Crippen LogP contribution >= 0.6 is 0 Å². The van der Waals surface area contributed by atoms with Gasteiger partial charge < -0.3 is 28.4 Å². The third-order valence-corrected chi connectivity index (χ3v) is 5.64. The van der Waals surface area contributed by atoms with Gasteiger partial charge in [-0.15, -0.1) is 0 Å². The van der Waals surface area contributed by atoms with E-state index < -0.39 is 52.7 Å². The summed E-state index contributed by atoms with van der Waals surface area (Å²) < 4.78 is 99.1. The molecule has 1 unspecified atom stereocenters. The van der Waals surface area contributed by atoms with Gasteiger partial charge in [0.1, 0.15) is 11.5 Å². The number of hydrogen-bond acceptors (Lipinski definition) is 8. The molecule has 0 spiro atoms. The van der Waals surface area contributed by atoms with Crippen LogP contribution in [0.3, 0.4) is 0 Å². The summed E-state index contributed by atoms with van der Waals surface area (Å²) in [5.74, 6) is -13.8. The van der Waals surface area contributed by atoms with Crippen molar-refractivity contribution >= 4 is 17.8 Å². The van der Waals surface area contributed by atoms with E-state index in [9.17, 15) is 31.5 Å². The zero-order chi connectivity index (χ0) is 29.3. The predicted molar refractivity (Wildman–Crippen MR) is 127 cm³/mol. The zero-order valence-corrected chi connectivity index (χ0v) is 21.2. The maximum absolute atomic E-state index is 13.9. The number of carbonyl (C=O) groups excluding carboxylic acids is 2. The topological polar surface area (TPSA) is 89.5 Å². The second kappa shape index (κ2) is 11.1. The lowest BCUT2D eigenvalue weighted by Crippen LogP contribution is -2.29. The molecule has 8 nitrogen and oxygen atoms in total. The summed E-state index contributed by atoms with van der Waals surface area (Å²) >= 11 is 0. The molecule has 4 rings (SSSR count). The average Bonchev–Trinajstić information content (AvgIpc) is 3.26. The van der Waals surface area contributed by atoms with Gasteiger partial charge in [0.25, 0.3) is 0 Å². The predicted octanol–water partition coefficient (Wildman–Crippen LogP) is 5.40. The van der Waals surface area contributed by atoms with Crippen molar-refractivity contribution < 1.29 is 60.0 Å². The van der Waals surface area contributed by atoms with E-state index in [4.69, 9.17) is 23.7 Å². The molecule has 3 aromatic carbocycles. The molecule has 1 aliphatic rings. The van der Waals surface area contributed by atoms with Crippen LogP contribution in [0.5, 0.6) is 34.5 Å². The zero-order valence-electron chi connectivity index (χ0n) is 21.2. The number of esters is 1. The van der Waals surface area contributed by atoms with Gasteiger partial charge in [0.15, 0.2) is 29.1 Å². The van der Waals surface area contributed by atoms with Crippen LogP contribution in [0, 0.1) is 29.1 Å². The molecule has 1 heterocycles. The Morgan fingerprint density at radius 1 is 0.825 bits per heavy atom. The maximum atomic E-state index is 13.9. The molecular weight excluding hydrogens is 547 g/mol. The molecule has 210 valence electrons. The quantitative estimate of drug-likeness (QED) is 0.0895. The Bertz CT molecular complexity index is 1500. The molecule has 0 radical (unpaired) electrons. The Labute approximate surface area is 223 Å². The highest BCUT2D eigenvalue weighted by atomic mass is 19.2. The van der Waals surface area contributed by atoms with Crippen molar-refractivity contribution in [2.75, 3.05) is 21.3 Å². The molecule has 3 aromatic rings. The van der Waals surface area contributed by atoms with E-state index in [1.165, 1.54) is 45.6 Å². The van der Waals surface area contributed by atoms with E-state index in [1.54, 1.807) is 12.1 Å². The standard InChI is InChI=1S/C27H19F5O8/c1-11(38-26-22(31)20(29)19(28)21(30)23(26)32)27(34)39-13-5-6-14-15(10-13)40-16(24(14)33)7-12-8-17(35-2)25(37-4)18(9-12)36-3/h5-11H,1-4H3/b16-7-. The van der Waals surface area contributed by atoms with Gasteiger partial charge in [-0.05, 0) is 42.8 Å². The molecule has 0 aliphatic carbocycles. The molecule has 0 bridgehead atoms. The lowest BCUT2D eigenvalue weighted by atomic mass is 10.1. The maximum Gasteiger partial charge on any atom is 0.352 e. The van der Waals surface area contributed by atoms with E-state index >= 15 is 0 Å². The summed E-state index contributed by atoms with van der Waals surface area (Å²) in [7, 11) is 4.30. The van der Waals surface area contributed by atoms with E-state index in [-0.39, 0.29) is 22.8 Å². The number of halogens is 5. The fourth-order valence-corrected chi connectivity index (χ4v) is 3.68. The van der Waals surface area contributed by atoms with Gasteiger partial charge in [-0.25, -0.2) is 18.0 Å². The van der Waals surface area contributed by atoms with Gasteiger partial charge in [-0.3, -0.25) is 4.79 Å². The van der Waals surface area contributed by atoms with E-state index in [2.05, 4.69) is 4.74 Å². The minimum Gasteiger partial charge on any atom is -0.493 e. The van der Waals surface area contributed by atoms with Crippen LogP contribution in [0.2, 0.25) is 0 Å². The highest BCUT2D eigenvalue weighted by molar-refractivity contribution is 6.14. The first-order valence-corrected chi connectivity index (χ1v) is 11.3. The molecule has 13 heteroatoms. The lowest BCUT2D eigenvalue weighted by Gasteiger charge is -2.15. The number of ketones is 1. The van der Waals surface area contributed by atoms with Crippen LogP contribution in [-0.4, -0.2) is 39.2 Å². The van der Waals surface area contributed by atoms with Crippen LogP contribution in [0.25, 0.3) is 6.08 Å². The highest BCUT2D eigenvalue weighted by Gasteiger charge is 2.31. The first-order valence-electron chi connectivity index (χ1n) is 11.3. The number of hydrogen-bond donors (Lipinski definition) is 0. The number of methoxy groups -OCH3 is 3. The largest absolute Gasteiger partial charge is 0.493 e. The van der Waals surface area contributed by atoms with Crippen LogP contribution in [0.15, 0.2) is 36.1 Å². The molecular formula is C27H19F5O8. The molecule has 0 fully saturated rings. The normalized spacial score (nSPS) is 13.9. The third kappa shape index (κ3) is 5.09. The Balaban J connectivity index is 1.52. The van der Waals surface area contributed by atoms with Crippen molar-refractivity contribution in [3.8, 4) is 34.5 Å². The van der Waals surface area contributed by atoms with Crippen LogP contribution in [-0.2, 0) is 4.79 Å². The first-order chi connectivity index (χ1) is 19.0. The smallest absolute Gasteiger partial charge is 0.352 e. The fourth-order valence-electron chi connectivity index (χ4n) is 3.68. The third-order valence-electron chi connectivity index (χ3n) is 5.64. The van der Waals surface area contributed by atoms with Gasteiger partial charge in [0.2, 0.25) is 40.6 Å². The average molecular weight is 566 g/mol. The van der Waals surface area contributed by atoms with E-state index in [0.29, 0.717) is 22.8 Å². The summed E-state index contributed by atoms with van der Waals surface area (Å²) in [6, 6.07) is 6.93. The van der Waals surface area contributed by atoms with Crippen molar-refractivity contribution in [1.29, 1.82) is 0 Å². The molecule has 40 heavy (non-hydrogen) atoms. The van der Waals surface area contributed by atoms with Gasteiger partial charge in [-0.2, -0.15) is 8.78 Å². The van der Waals surface area contributed by atoms with Crippen LogP contribution in [0.4, 0.5) is 22.0 Å². The van der Waals surface area contributed by atoms with Gasteiger partial charge >= 0.3 is 5.97 Å². The Morgan fingerprint density at radius 3 is 1.95 bits per heavy atom. The fraction of sp³-hybridized carbons (Fsp3) is 0.185. The monoisotopic (exact) mass is 566 g/mol. The van der Waals surface area contributed by atoms with Crippen molar-refractivity contribution in [2.24, 2.45) is 0 Å². The van der Waals surface area contributed by atoms with E-state index in [0.717, 1.165) is 6.92 Å². The minimum absolute atomic E-state index is 0.0299. The van der Waals surface area contributed by atoms with Crippen LogP contribution in [0.1, 0.15) is 22.8 Å². The Hall–Kier alpha value is -4.81. The number of carbonyl (C=O) groups is 2. The molecule has 0 N–H and O–H groups in total. The number of rotatable bonds is 8. The second-order valence-electron chi connectivity index (χ2n) is 8.14. The number of fused-ring (bicyclic) bond motifs is 1. The van der Waals surface area contributed by atoms with Gasteiger partial charge in [0.05, 0.1) is 26.9 Å². The Kier molecular flexibility index (Phi) is 7.84. The summed E-state index contributed by atoms with van der Waals surface area (Å²) in [6.07, 6.45) is -0.363. The number of benzene rings is 3. The van der Waals surface area contributed by atoms with Crippen LogP contribution < -0.4 is 28.4 Å². The summed E-state index contributed by atoms with van der Waals surface area (Å²) in [4.78, 5) is 25.3. The number of allylic oxidation sites excluding steroid dienone is 1. The molecule has 1 aliphatic heterocycles. The molecule has 1 atom stereocenters. The van der Waals surface area contributed by atoms with Gasteiger partial charge in [0, 0.05) is 6.07 Å². The number of Topliss-reactive ketones (excluding diaryl/α,β-unsaturated/α-hetero) is 1. The molecule has 0 saturated heterocycles.